The van der Waals surface area contributed by atoms with Gasteiger partial charge < -0.3 is 17.2 Å². The molecule has 0 spiro atoms. The van der Waals surface area contributed by atoms with Crippen LogP contribution >= 0.6 is 0 Å². The number of rotatable bonds is 2. The standard InChI is InChI=1S/C3H9N5.H2O4S/c4-1-2-7-8-3(5)6;1-5(2,3)4/h2H,1,4H2,(H4,5,6,8);(H2,1,2,3,4)/b7-2+;. The molecule has 0 aliphatic carbocycles. The van der Waals surface area contributed by atoms with Crippen molar-refractivity contribution in [1.29, 1.82) is 0 Å². The lowest BCUT2D eigenvalue weighted by Crippen LogP contribution is -2.21. The molecule has 0 radical (unpaired) electrons. The van der Waals surface area contributed by atoms with E-state index in [1.54, 1.807) is 0 Å². The van der Waals surface area contributed by atoms with Gasteiger partial charge in [0.15, 0.2) is 0 Å². The number of nitrogens with two attached hydrogens (primary N) is 3. The van der Waals surface area contributed by atoms with Crippen LogP contribution in [-0.4, -0.2) is 36.2 Å². The molecule has 0 heterocycles. The van der Waals surface area contributed by atoms with Crippen LogP contribution in [-0.2, 0) is 10.4 Å². The highest BCUT2D eigenvalue weighted by Gasteiger charge is 1.84. The molecule has 0 saturated heterocycles. The summed E-state index contributed by atoms with van der Waals surface area (Å²) in [5.41, 5.74) is 14.8. The number of hydrogen-bond donors (Lipinski definition) is 5. The van der Waals surface area contributed by atoms with Crippen molar-refractivity contribution in [1.82, 2.24) is 0 Å². The lowest BCUT2D eigenvalue weighted by molar-refractivity contribution is 0.381. The Morgan fingerprint density at radius 2 is 1.77 bits per heavy atom. The SMILES string of the molecule is NC/C=N/N=C(N)N.O=S(=O)(O)O. The summed E-state index contributed by atoms with van der Waals surface area (Å²) >= 11 is 0. The first-order valence-corrected chi connectivity index (χ1v) is 4.17. The Balaban J connectivity index is 0. The first-order valence-electron chi connectivity index (χ1n) is 2.77. The van der Waals surface area contributed by atoms with Gasteiger partial charge in [-0.3, -0.25) is 9.11 Å². The van der Waals surface area contributed by atoms with E-state index in [2.05, 4.69) is 10.2 Å². The molecule has 10 heteroatoms. The van der Waals surface area contributed by atoms with Gasteiger partial charge in [-0.15, -0.1) is 5.10 Å². The van der Waals surface area contributed by atoms with E-state index in [1.807, 2.05) is 0 Å². The van der Waals surface area contributed by atoms with E-state index >= 15 is 0 Å². The van der Waals surface area contributed by atoms with Crippen molar-refractivity contribution < 1.29 is 17.5 Å². The van der Waals surface area contributed by atoms with Gasteiger partial charge in [-0.05, 0) is 0 Å². The van der Waals surface area contributed by atoms with E-state index in [1.165, 1.54) is 6.21 Å². The Morgan fingerprint density at radius 3 is 2.00 bits per heavy atom. The zero-order chi connectivity index (χ0) is 10.9. The quantitative estimate of drug-likeness (QED) is 0.146. The second-order valence-corrected chi connectivity index (χ2v) is 2.40. The zero-order valence-corrected chi connectivity index (χ0v) is 7.35. The molecule has 78 valence electrons. The first-order chi connectivity index (χ1) is 5.77. The molecule has 0 rings (SSSR count). The number of hydrogen-bond acceptors (Lipinski definition) is 5. The fraction of sp³-hybridized carbons (Fsp3) is 0.333. The summed E-state index contributed by atoms with van der Waals surface area (Å²) in [5.74, 6) is -0.0605. The Labute approximate surface area is 74.9 Å². The molecule has 13 heavy (non-hydrogen) atoms. The molecule has 0 unspecified atom stereocenters. The summed E-state index contributed by atoms with van der Waals surface area (Å²) in [6.45, 7) is 0.344. The number of nitrogens with zero attached hydrogens (tertiary/aromatic N) is 2. The van der Waals surface area contributed by atoms with Crippen molar-refractivity contribution >= 4 is 22.6 Å². The maximum Gasteiger partial charge on any atom is 0.394 e. The molecule has 0 fully saturated rings. The highest BCUT2D eigenvalue weighted by Crippen LogP contribution is 1.62. The minimum atomic E-state index is -4.67. The summed E-state index contributed by atoms with van der Waals surface area (Å²) in [6.07, 6.45) is 1.40. The van der Waals surface area contributed by atoms with Gasteiger partial charge in [-0.1, -0.05) is 0 Å². The van der Waals surface area contributed by atoms with Crippen molar-refractivity contribution in [2.45, 2.75) is 0 Å². The van der Waals surface area contributed by atoms with Gasteiger partial charge in [-0.2, -0.15) is 13.5 Å². The van der Waals surface area contributed by atoms with Crippen molar-refractivity contribution in [2.24, 2.45) is 27.4 Å². The average molecular weight is 213 g/mol. The van der Waals surface area contributed by atoms with Crippen LogP contribution in [0.1, 0.15) is 0 Å². The van der Waals surface area contributed by atoms with Crippen LogP contribution < -0.4 is 17.2 Å². The molecular weight excluding hydrogens is 202 g/mol. The van der Waals surface area contributed by atoms with Gasteiger partial charge >= 0.3 is 10.4 Å². The molecule has 0 atom stereocenters. The minimum absolute atomic E-state index is 0.0605. The van der Waals surface area contributed by atoms with Crippen molar-refractivity contribution in [3.05, 3.63) is 0 Å². The first kappa shape index (κ1) is 14.3. The van der Waals surface area contributed by atoms with Crippen LogP contribution in [0.2, 0.25) is 0 Å². The Morgan fingerprint density at radius 1 is 1.38 bits per heavy atom. The highest BCUT2D eigenvalue weighted by molar-refractivity contribution is 7.79. The van der Waals surface area contributed by atoms with Gasteiger partial charge in [0.2, 0.25) is 5.96 Å². The van der Waals surface area contributed by atoms with Crippen molar-refractivity contribution in [3.63, 3.8) is 0 Å². The Bertz CT molecular complexity index is 258. The normalized spacial score (nSPS) is 10.4. The predicted molar refractivity (Wildman–Crippen MR) is 47.5 cm³/mol. The molecule has 0 saturated carbocycles. The molecule has 0 aliphatic rings. The van der Waals surface area contributed by atoms with E-state index < -0.39 is 10.4 Å². The Hall–Kier alpha value is -1.23. The van der Waals surface area contributed by atoms with Crippen molar-refractivity contribution in [2.75, 3.05) is 6.54 Å². The smallest absolute Gasteiger partial charge is 0.369 e. The average Bonchev–Trinajstić information content (AvgIpc) is 1.83. The van der Waals surface area contributed by atoms with Gasteiger partial charge in [0.05, 0.1) is 0 Å². The molecule has 0 amide bonds. The molecular formula is C3H11N5O4S. The van der Waals surface area contributed by atoms with Crippen LogP contribution in [0, 0.1) is 0 Å². The van der Waals surface area contributed by atoms with Crippen LogP contribution in [0.4, 0.5) is 0 Å². The molecule has 0 aliphatic heterocycles. The third kappa shape index (κ3) is 58.3. The molecule has 8 N–H and O–H groups in total. The lowest BCUT2D eigenvalue weighted by atomic mass is 10.8. The lowest BCUT2D eigenvalue weighted by Gasteiger charge is -1.80. The summed E-state index contributed by atoms with van der Waals surface area (Å²) in [5, 5.41) is 6.65. The Kier molecular flexibility index (Phi) is 8.16. The molecule has 9 nitrogen and oxygen atoms in total. The van der Waals surface area contributed by atoms with E-state index in [9.17, 15) is 0 Å². The van der Waals surface area contributed by atoms with E-state index in [4.69, 9.17) is 34.7 Å². The summed E-state index contributed by atoms with van der Waals surface area (Å²) in [4.78, 5) is 0. The molecule has 0 bridgehead atoms. The predicted octanol–water partition coefficient (Wildman–Crippen LogP) is -2.45. The van der Waals surface area contributed by atoms with Gasteiger partial charge in [-0.25, -0.2) is 0 Å². The maximum atomic E-state index is 8.74. The summed E-state index contributed by atoms with van der Waals surface area (Å²) < 4.78 is 31.6. The fourth-order valence-corrected chi connectivity index (χ4v) is 0.155. The third-order valence-electron chi connectivity index (χ3n) is 0.360. The van der Waals surface area contributed by atoms with Gasteiger partial charge in [0, 0.05) is 12.8 Å². The highest BCUT2D eigenvalue weighted by atomic mass is 32.3. The second kappa shape index (κ2) is 7.42. The van der Waals surface area contributed by atoms with Crippen molar-refractivity contribution in [3.8, 4) is 0 Å². The van der Waals surface area contributed by atoms with Gasteiger partial charge in [0.1, 0.15) is 0 Å². The van der Waals surface area contributed by atoms with E-state index in [0.717, 1.165) is 0 Å². The molecule has 0 aromatic heterocycles. The molecule has 0 aromatic rings. The number of guanidine groups is 1. The van der Waals surface area contributed by atoms with Crippen LogP contribution in [0.3, 0.4) is 0 Å². The maximum absolute atomic E-state index is 8.74. The second-order valence-electron chi connectivity index (χ2n) is 1.51. The van der Waals surface area contributed by atoms with E-state index in [0.29, 0.717) is 6.54 Å². The zero-order valence-electron chi connectivity index (χ0n) is 6.53. The summed E-state index contributed by atoms with van der Waals surface area (Å²) in [7, 11) is -4.67. The van der Waals surface area contributed by atoms with Crippen LogP contribution in [0.25, 0.3) is 0 Å². The molecule has 0 aromatic carbocycles. The van der Waals surface area contributed by atoms with Gasteiger partial charge in [0.25, 0.3) is 0 Å². The minimum Gasteiger partial charge on any atom is -0.369 e. The summed E-state index contributed by atoms with van der Waals surface area (Å²) in [6, 6.07) is 0. The van der Waals surface area contributed by atoms with Crippen LogP contribution in [0.5, 0.6) is 0 Å². The van der Waals surface area contributed by atoms with E-state index in [-0.39, 0.29) is 5.96 Å². The largest absolute Gasteiger partial charge is 0.394 e. The third-order valence-corrected chi connectivity index (χ3v) is 0.360. The van der Waals surface area contributed by atoms with Crippen LogP contribution in [0.15, 0.2) is 10.2 Å². The fourth-order valence-electron chi connectivity index (χ4n) is 0.155. The monoisotopic (exact) mass is 213 g/mol. The topological polar surface area (TPSA) is 177 Å².